The van der Waals surface area contributed by atoms with Crippen molar-refractivity contribution >= 4 is 5.57 Å². The molecule has 80 valence electrons. The first-order valence-electron chi connectivity index (χ1n) is 5.29. The van der Waals surface area contributed by atoms with Gasteiger partial charge in [0, 0.05) is 0 Å². The van der Waals surface area contributed by atoms with E-state index in [1.165, 1.54) is 0 Å². The van der Waals surface area contributed by atoms with Crippen LogP contribution in [0.25, 0.3) is 5.57 Å². The van der Waals surface area contributed by atoms with Crippen molar-refractivity contribution in [2.75, 3.05) is 0 Å². The van der Waals surface area contributed by atoms with E-state index in [0.29, 0.717) is 0 Å². The van der Waals surface area contributed by atoms with Gasteiger partial charge in [0.25, 0.3) is 0 Å². The normalized spacial score (nSPS) is 23.0. The molecule has 1 fully saturated rings. The largest absolute Gasteiger partial charge is 0.466 e. The molecule has 16 heavy (non-hydrogen) atoms. The Bertz CT molecular complexity index is 485. The van der Waals surface area contributed by atoms with E-state index >= 15 is 0 Å². The lowest BCUT2D eigenvalue weighted by atomic mass is 10.0. The fraction of sp³-hybridized carbons (Fsp3) is 0.143. The van der Waals surface area contributed by atoms with Crippen LogP contribution >= 0.6 is 0 Å². The van der Waals surface area contributed by atoms with E-state index < -0.39 is 0 Å². The zero-order valence-corrected chi connectivity index (χ0v) is 8.80. The van der Waals surface area contributed by atoms with Gasteiger partial charge < -0.3 is 9.15 Å². The molecule has 2 heteroatoms. The van der Waals surface area contributed by atoms with Gasteiger partial charge in [-0.25, -0.2) is 0 Å². The summed E-state index contributed by atoms with van der Waals surface area (Å²) in [4.78, 5) is 0. The molecule has 0 radical (unpaired) electrons. The van der Waals surface area contributed by atoms with Gasteiger partial charge in [0.05, 0.1) is 6.26 Å². The first-order valence-corrected chi connectivity index (χ1v) is 5.29. The van der Waals surface area contributed by atoms with E-state index in [0.717, 1.165) is 16.9 Å². The van der Waals surface area contributed by atoms with Crippen LogP contribution in [0.3, 0.4) is 0 Å². The molecule has 3 rings (SSSR count). The Hall–Kier alpha value is -1.80. The van der Waals surface area contributed by atoms with Crippen molar-refractivity contribution in [1.82, 2.24) is 0 Å². The molecular weight excluding hydrogens is 200 g/mol. The molecule has 0 bridgehead atoms. The average molecular weight is 212 g/mol. The second-order valence-electron chi connectivity index (χ2n) is 3.88. The number of benzene rings is 1. The Balaban J connectivity index is 1.76. The van der Waals surface area contributed by atoms with E-state index in [1.54, 1.807) is 6.26 Å². The topological polar surface area (TPSA) is 25.7 Å². The Morgan fingerprint density at radius 1 is 1.06 bits per heavy atom. The summed E-state index contributed by atoms with van der Waals surface area (Å²) in [5, 5.41) is 0. The molecule has 1 aromatic carbocycles. The third-order valence-electron chi connectivity index (χ3n) is 2.80. The summed E-state index contributed by atoms with van der Waals surface area (Å²) in [5.41, 5.74) is 2.14. The van der Waals surface area contributed by atoms with Crippen LogP contribution in [0.5, 0.6) is 0 Å². The van der Waals surface area contributed by atoms with Crippen LogP contribution < -0.4 is 0 Å². The SMILES string of the molecule is C=C(c1ccccc1)[C@H]1O[C@H]1c1ccco1. The number of furan rings is 1. The summed E-state index contributed by atoms with van der Waals surface area (Å²) in [6.45, 7) is 4.08. The van der Waals surface area contributed by atoms with E-state index in [4.69, 9.17) is 9.15 Å². The first kappa shape index (κ1) is 9.43. The summed E-state index contributed by atoms with van der Waals surface area (Å²) in [5.74, 6) is 0.877. The lowest BCUT2D eigenvalue weighted by molar-refractivity contribution is 0.361. The molecule has 1 aliphatic rings. The molecule has 0 aliphatic carbocycles. The Morgan fingerprint density at radius 2 is 1.88 bits per heavy atom. The van der Waals surface area contributed by atoms with Crippen molar-refractivity contribution < 1.29 is 9.15 Å². The van der Waals surface area contributed by atoms with Crippen LogP contribution in [0, 0.1) is 0 Å². The van der Waals surface area contributed by atoms with E-state index in [9.17, 15) is 0 Å². The molecule has 2 heterocycles. The monoisotopic (exact) mass is 212 g/mol. The van der Waals surface area contributed by atoms with Gasteiger partial charge >= 0.3 is 0 Å². The molecule has 1 aliphatic heterocycles. The minimum Gasteiger partial charge on any atom is -0.466 e. The summed E-state index contributed by atoms with van der Waals surface area (Å²) in [6, 6.07) is 13.9. The van der Waals surface area contributed by atoms with Gasteiger partial charge in [-0.05, 0) is 23.3 Å². The molecule has 2 aromatic rings. The van der Waals surface area contributed by atoms with Crippen LogP contribution in [-0.4, -0.2) is 6.10 Å². The fourth-order valence-electron chi connectivity index (χ4n) is 1.86. The molecule has 0 saturated carbocycles. The predicted octanol–water partition coefficient (Wildman–Crippen LogP) is 3.43. The zero-order valence-electron chi connectivity index (χ0n) is 8.80. The van der Waals surface area contributed by atoms with Crippen LogP contribution in [0.1, 0.15) is 17.4 Å². The van der Waals surface area contributed by atoms with Crippen molar-refractivity contribution in [3.05, 3.63) is 66.6 Å². The highest BCUT2D eigenvalue weighted by Crippen LogP contribution is 2.45. The number of ether oxygens (including phenoxy) is 1. The molecule has 2 nitrogen and oxygen atoms in total. The molecule has 1 saturated heterocycles. The van der Waals surface area contributed by atoms with Crippen molar-refractivity contribution in [1.29, 1.82) is 0 Å². The van der Waals surface area contributed by atoms with Gasteiger partial charge in [-0.1, -0.05) is 36.9 Å². The van der Waals surface area contributed by atoms with E-state index in [2.05, 4.69) is 6.58 Å². The first-order chi connectivity index (χ1) is 7.86. The number of rotatable bonds is 3. The Labute approximate surface area is 94.2 Å². The molecule has 2 atom stereocenters. The predicted molar refractivity (Wildman–Crippen MR) is 61.8 cm³/mol. The second kappa shape index (κ2) is 3.65. The van der Waals surface area contributed by atoms with E-state index in [-0.39, 0.29) is 12.2 Å². The molecule has 0 unspecified atom stereocenters. The average Bonchev–Trinajstić information content (AvgIpc) is 2.95. The maximum absolute atomic E-state index is 5.58. The highest BCUT2D eigenvalue weighted by molar-refractivity contribution is 5.69. The molecule has 0 N–H and O–H groups in total. The maximum Gasteiger partial charge on any atom is 0.146 e. The quantitative estimate of drug-likeness (QED) is 0.728. The van der Waals surface area contributed by atoms with Crippen LogP contribution in [0.2, 0.25) is 0 Å². The van der Waals surface area contributed by atoms with Crippen LogP contribution in [-0.2, 0) is 4.74 Å². The highest BCUT2D eigenvalue weighted by Gasteiger charge is 2.44. The third-order valence-corrected chi connectivity index (χ3v) is 2.80. The Morgan fingerprint density at radius 3 is 2.56 bits per heavy atom. The third kappa shape index (κ3) is 1.57. The summed E-state index contributed by atoms with van der Waals surface area (Å²) < 4.78 is 10.9. The number of hydrogen-bond donors (Lipinski definition) is 0. The van der Waals surface area contributed by atoms with Gasteiger partial charge in [0.15, 0.2) is 0 Å². The van der Waals surface area contributed by atoms with Gasteiger partial charge in [-0.2, -0.15) is 0 Å². The summed E-state index contributed by atoms with van der Waals surface area (Å²) in [6.07, 6.45) is 1.77. The highest BCUT2D eigenvalue weighted by atomic mass is 16.6. The van der Waals surface area contributed by atoms with Crippen molar-refractivity contribution in [2.45, 2.75) is 12.2 Å². The Kier molecular flexibility index (Phi) is 2.15. The fourth-order valence-corrected chi connectivity index (χ4v) is 1.86. The van der Waals surface area contributed by atoms with E-state index in [1.807, 2.05) is 42.5 Å². The lowest BCUT2D eigenvalue weighted by Gasteiger charge is -2.00. The number of epoxide rings is 1. The maximum atomic E-state index is 5.58. The van der Waals surface area contributed by atoms with Crippen molar-refractivity contribution in [2.24, 2.45) is 0 Å². The van der Waals surface area contributed by atoms with Crippen LogP contribution in [0.15, 0.2) is 59.7 Å². The zero-order chi connectivity index (χ0) is 11.0. The van der Waals surface area contributed by atoms with Crippen molar-refractivity contribution in [3.8, 4) is 0 Å². The molecule has 0 spiro atoms. The second-order valence-corrected chi connectivity index (χ2v) is 3.88. The minimum absolute atomic E-state index is 0.0442. The smallest absolute Gasteiger partial charge is 0.146 e. The van der Waals surface area contributed by atoms with Gasteiger partial charge in [-0.3, -0.25) is 0 Å². The van der Waals surface area contributed by atoms with Gasteiger partial charge in [-0.15, -0.1) is 0 Å². The van der Waals surface area contributed by atoms with Crippen molar-refractivity contribution in [3.63, 3.8) is 0 Å². The van der Waals surface area contributed by atoms with Crippen LogP contribution in [0.4, 0.5) is 0 Å². The number of hydrogen-bond acceptors (Lipinski definition) is 2. The standard InChI is InChI=1S/C14H12O2/c1-10(11-6-3-2-4-7-11)13-14(16-13)12-8-5-9-15-12/h2-9,13-14H,1H2/t13-,14+/m1/s1. The lowest BCUT2D eigenvalue weighted by Crippen LogP contribution is -1.92. The van der Waals surface area contributed by atoms with Gasteiger partial charge in [0.2, 0.25) is 0 Å². The van der Waals surface area contributed by atoms with Gasteiger partial charge in [0.1, 0.15) is 18.0 Å². The minimum atomic E-state index is 0.0442. The summed E-state index contributed by atoms with van der Waals surface area (Å²) >= 11 is 0. The molecule has 1 aromatic heterocycles. The summed E-state index contributed by atoms with van der Waals surface area (Å²) in [7, 11) is 0. The molecular formula is C14H12O2. The molecule has 0 amide bonds.